The maximum absolute atomic E-state index is 15.9. The van der Waals surface area contributed by atoms with Crippen LogP contribution in [0.2, 0.25) is 0 Å². The van der Waals surface area contributed by atoms with Gasteiger partial charge in [0, 0.05) is 27.8 Å². The summed E-state index contributed by atoms with van der Waals surface area (Å²) in [5, 5.41) is 10.2. The molecule has 3 aliphatic rings. The Bertz CT molecular complexity index is 1310. The van der Waals surface area contributed by atoms with Gasteiger partial charge in [-0.2, -0.15) is 0 Å². The van der Waals surface area contributed by atoms with Crippen molar-refractivity contribution < 1.29 is 14.2 Å². The zero-order chi connectivity index (χ0) is 22.7. The molecule has 1 fully saturated rings. The monoisotopic (exact) mass is 461 g/mol. The third-order valence-electron chi connectivity index (χ3n) is 7.11. The maximum atomic E-state index is 15.9. The Morgan fingerprint density at radius 2 is 2.12 bits per heavy atom. The molecule has 4 atom stereocenters. The molecule has 0 spiro atoms. The number of aryl methyl sites for hydroxylation is 1. The lowest BCUT2D eigenvalue weighted by molar-refractivity contribution is 0.242. The van der Waals surface area contributed by atoms with Gasteiger partial charge < -0.3 is 15.6 Å². The van der Waals surface area contributed by atoms with Crippen molar-refractivity contribution in [2.75, 3.05) is 13.7 Å². The van der Waals surface area contributed by atoms with Gasteiger partial charge in [-0.05, 0) is 56.2 Å². The van der Waals surface area contributed by atoms with Gasteiger partial charge in [0.25, 0.3) is 5.56 Å². The molecule has 0 saturated heterocycles. The minimum absolute atomic E-state index is 0.00802. The molecule has 0 amide bonds. The van der Waals surface area contributed by atoms with E-state index in [0.29, 0.717) is 16.7 Å². The fraction of sp³-hybridized carbons (Fsp3) is 0.565. The highest BCUT2D eigenvalue weighted by Crippen LogP contribution is 2.45. The summed E-state index contributed by atoms with van der Waals surface area (Å²) in [5.41, 5.74) is 6.52. The van der Waals surface area contributed by atoms with Crippen molar-refractivity contribution in [3.8, 4) is 0 Å². The van der Waals surface area contributed by atoms with Gasteiger partial charge in [0.1, 0.15) is 11.9 Å². The van der Waals surface area contributed by atoms with Crippen LogP contribution in [-0.4, -0.2) is 40.6 Å². The maximum Gasteiger partial charge on any atom is 0.329 e. The number of ether oxygens (including phenoxy) is 1. The zero-order valence-corrected chi connectivity index (χ0v) is 19.0. The first-order valence-corrected chi connectivity index (χ1v) is 12.0. The first-order chi connectivity index (χ1) is 15.4. The Morgan fingerprint density at radius 3 is 2.78 bits per heavy atom. The SMILES string of the molecule is COC1=c2c(c(=O)[nH]c(=O)n2C2CC2)=C(C)C(F)C1c1cc2c(s1)CCCC2C(N)CO. The van der Waals surface area contributed by atoms with Crippen LogP contribution in [0.15, 0.2) is 15.7 Å². The van der Waals surface area contributed by atoms with Gasteiger partial charge in [-0.3, -0.25) is 14.3 Å². The zero-order valence-electron chi connectivity index (χ0n) is 18.2. The van der Waals surface area contributed by atoms with Gasteiger partial charge in [-0.1, -0.05) is 0 Å². The normalized spacial score (nSPS) is 26.0. The molecule has 2 aromatic heterocycles. The summed E-state index contributed by atoms with van der Waals surface area (Å²) >= 11 is 1.55. The quantitative estimate of drug-likeness (QED) is 0.608. The highest BCUT2D eigenvalue weighted by atomic mass is 32.1. The van der Waals surface area contributed by atoms with Crippen LogP contribution in [0, 0.1) is 0 Å². The predicted octanol–water partition coefficient (Wildman–Crippen LogP) is 0.733. The highest BCUT2D eigenvalue weighted by Gasteiger charge is 2.39. The minimum atomic E-state index is -1.45. The number of nitrogens with two attached hydrogens (primary N) is 1. The highest BCUT2D eigenvalue weighted by molar-refractivity contribution is 7.12. The standard InChI is InChI=1S/C23H28FN3O4S/c1-10-17-20(27(11-6-7-11)23(30)26-22(17)29)21(31-2)18(19(10)24)16-8-13-12(14(25)9-28)4-3-5-15(13)32-16/h8,11-12,14,18-19,28H,3-7,9,25H2,1-2H3,(H,26,29,30). The van der Waals surface area contributed by atoms with Crippen LogP contribution in [0.4, 0.5) is 4.39 Å². The summed E-state index contributed by atoms with van der Waals surface area (Å²) in [6.45, 7) is 1.52. The summed E-state index contributed by atoms with van der Waals surface area (Å²) in [4.78, 5) is 29.7. The van der Waals surface area contributed by atoms with E-state index in [9.17, 15) is 14.7 Å². The molecule has 2 heterocycles. The van der Waals surface area contributed by atoms with Crippen LogP contribution in [0.25, 0.3) is 11.3 Å². The second-order valence-electron chi connectivity index (χ2n) is 9.09. The number of aromatic nitrogens is 2. The molecule has 3 aliphatic carbocycles. The molecule has 0 bridgehead atoms. The minimum Gasteiger partial charge on any atom is -0.498 e. The summed E-state index contributed by atoms with van der Waals surface area (Å²) in [6.07, 6.45) is 2.99. The number of alkyl halides is 1. The number of hydrogen-bond acceptors (Lipinski definition) is 6. The topological polar surface area (TPSA) is 110 Å². The van der Waals surface area contributed by atoms with Gasteiger partial charge in [0.15, 0.2) is 0 Å². The molecule has 32 heavy (non-hydrogen) atoms. The molecule has 172 valence electrons. The van der Waals surface area contributed by atoms with Crippen LogP contribution in [0.5, 0.6) is 0 Å². The van der Waals surface area contributed by atoms with Crippen LogP contribution in [0.3, 0.4) is 0 Å². The van der Waals surface area contributed by atoms with Crippen molar-refractivity contribution >= 4 is 22.7 Å². The van der Waals surface area contributed by atoms with Crippen molar-refractivity contribution in [1.29, 1.82) is 0 Å². The average Bonchev–Trinajstić information content (AvgIpc) is 3.51. The van der Waals surface area contributed by atoms with Gasteiger partial charge in [-0.15, -0.1) is 11.3 Å². The molecule has 0 aliphatic heterocycles. The second-order valence-corrected chi connectivity index (χ2v) is 10.3. The number of nitrogens with one attached hydrogen (secondary N) is 1. The Morgan fingerprint density at radius 1 is 1.38 bits per heavy atom. The van der Waals surface area contributed by atoms with E-state index >= 15 is 4.39 Å². The molecule has 4 unspecified atom stereocenters. The number of H-pyrrole nitrogens is 1. The summed E-state index contributed by atoms with van der Waals surface area (Å²) in [5.74, 6) is -0.374. The fourth-order valence-corrected chi connectivity index (χ4v) is 6.74. The van der Waals surface area contributed by atoms with E-state index in [1.807, 2.05) is 6.07 Å². The summed E-state index contributed by atoms with van der Waals surface area (Å²) in [7, 11) is 1.47. The first-order valence-electron chi connectivity index (χ1n) is 11.1. The predicted molar refractivity (Wildman–Crippen MR) is 121 cm³/mol. The molecule has 2 aromatic rings. The lowest BCUT2D eigenvalue weighted by Crippen LogP contribution is -2.58. The molecule has 0 radical (unpaired) electrons. The Kier molecular flexibility index (Phi) is 5.38. The number of aromatic amines is 1. The Hall–Kier alpha value is -2.23. The van der Waals surface area contributed by atoms with E-state index in [4.69, 9.17) is 10.5 Å². The van der Waals surface area contributed by atoms with Crippen molar-refractivity contribution in [3.63, 3.8) is 0 Å². The van der Waals surface area contributed by atoms with Crippen molar-refractivity contribution in [2.24, 2.45) is 5.73 Å². The average molecular weight is 462 g/mol. The first kappa shape index (κ1) is 21.6. The number of aliphatic hydroxyl groups excluding tert-OH is 1. The van der Waals surface area contributed by atoms with Crippen molar-refractivity contribution in [1.82, 2.24) is 9.55 Å². The number of nitrogens with zero attached hydrogens (tertiary/aromatic N) is 1. The molecule has 1 saturated carbocycles. The van der Waals surface area contributed by atoms with Crippen LogP contribution in [-0.2, 0) is 11.2 Å². The van der Waals surface area contributed by atoms with Crippen LogP contribution >= 0.6 is 11.3 Å². The van der Waals surface area contributed by atoms with E-state index in [2.05, 4.69) is 4.98 Å². The largest absolute Gasteiger partial charge is 0.498 e. The number of aliphatic hydroxyl groups is 1. The van der Waals surface area contributed by atoms with Crippen molar-refractivity contribution in [3.05, 3.63) is 52.8 Å². The number of fused-ring (bicyclic) bond motifs is 2. The van der Waals surface area contributed by atoms with Crippen LogP contribution in [0.1, 0.15) is 65.8 Å². The molecular weight excluding hydrogens is 433 g/mol. The summed E-state index contributed by atoms with van der Waals surface area (Å²) < 4.78 is 23.3. The van der Waals surface area contributed by atoms with Crippen molar-refractivity contribution in [2.45, 2.75) is 69.1 Å². The number of rotatable bonds is 5. The van der Waals surface area contributed by atoms with E-state index in [0.717, 1.165) is 47.4 Å². The van der Waals surface area contributed by atoms with E-state index in [1.165, 1.54) is 7.11 Å². The smallest absolute Gasteiger partial charge is 0.329 e. The number of halogens is 1. The third kappa shape index (κ3) is 3.21. The third-order valence-corrected chi connectivity index (χ3v) is 8.40. The molecule has 4 N–H and O–H groups in total. The number of thiophene rings is 1. The van der Waals surface area contributed by atoms with E-state index < -0.39 is 23.3 Å². The summed E-state index contributed by atoms with van der Waals surface area (Å²) in [6, 6.07) is 1.63. The second kappa shape index (κ2) is 7.97. The molecular formula is C23H28FN3O4S. The van der Waals surface area contributed by atoms with Gasteiger partial charge in [-0.25, -0.2) is 9.18 Å². The molecule has 7 nitrogen and oxygen atoms in total. The molecule has 9 heteroatoms. The molecule has 0 aromatic carbocycles. The lowest BCUT2D eigenvalue weighted by atomic mass is 9.81. The number of methoxy groups -OCH3 is 1. The van der Waals surface area contributed by atoms with Gasteiger partial charge in [0.05, 0.1) is 30.2 Å². The van der Waals surface area contributed by atoms with Gasteiger partial charge in [0.2, 0.25) is 0 Å². The Balaban J connectivity index is 1.76. The van der Waals surface area contributed by atoms with E-state index in [1.54, 1.807) is 22.8 Å². The number of hydrogen-bond donors (Lipinski definition) is 3. The fourth-order valence-electron chi connectivity index (χ4n) is 5.34. The van der Waals surface area contributed by atoms with Gasteiger partial charge >= 0.3 is 5.69 Å². The Labute approximate surface area is 188 Å². The van der Waals surface area contributed by atoms with Crippen LogP contribution < -0.4 is 27.6 Å². The molecule has 5 rings (SSSR count). The lowest BCUT2D eigenvalue weighted by Gasteiger charge is -2.27. The van der Waals surface area contributed by atoms with E-state index in [-0.39, 0.29) is 29.8 Å².